The molecule has 106 valence electrons. The van der Waals surface area contributed by atoms with Gasteiger partial charge in [0.2, 0.25) is 5.91 Å². The summed E-state index contributed by atoms with van der Waals surface area (Å²) < 4.78 is 0. The third-order valence-electron chi connectivity index (χ3n) is 3.70. The first kappa shape index (κ1) is 15.4. The van der Waals surface area contributed by atoms with Crippen LogP contribution in [0.4, 0.5) is 0 Å². The van der Waals surface area contributed by atoms with Crippen molar-refractivity contribution in [2.24, 2.45) is 11.8 Å². The van der Waals surface area contributed by atoms with Crippen LogP contribution in [0.2, 0.25) is 0 Å². The van der Waals surface area contributed by atoms with Gasteiger partial charge in [-0.25, -0.2) is 0 Å². The first-order valence-electron chi connectivity index (χ1n) is 7.07. The predicted octanol–water partition coefficient (Wildman–Crippen LogP) is 1.24. The molecule has 1 amide bonds. The Morgan fingerprint density at radius 3 is 2.50 bits per heavy atom. The van der Waals surface area contributed by atoms with Crippen LogP contribution in [0, 0.1) is 11.8 Å². The van der Waals surface area contributed by atoms with Crippen LogP contribution < -0.4 is 5.32 Å². The Labute approximate surface area is 111 Å². The molecule has 1 aliphatic carbocycles. The van der Waals surface area contributed by atoms with Crippen LogP contribution in [-0.2, 0) is 4.79 Å². The highest BCUT2D eigenvalue weighted by molar-refractivity contribution is 5.81. The first-order valence-corrected chi connectivity index (χ1v) is 7.07. The van der Waals surface area contributed by atoms with E-state index in [4.69, 9.17) is 0 Å². The quantitative estimate of drug-likeness (QED) is 0.687. The molecule has 0 saturated heterocycles. The lowest BCUT2D eigenvalue weighted by Gasteiger charge is -2.26. The molecule has 1 fully saturated rings. The second-order valence-electron chi connectivity index (χ2n) is 5.99. The highest BCUT2D eigenvalue weighted by Crippen LogP contribution is 2.32. The largest absolute Gasteiger partial charge is 0.392 e. The van der Waals surface area contributed by atoms with E-state index in [2.05, 4.69) is 19.2 Å². The molecule has 18 heavy (non-hydrogen) atoms. The van der Waals surface area contributed by atoms with Gasteiger partial charge in [-0.15, -0.1) is 0 Å². The number of hydrogen-bond donors (Lipinski definition) is 2. The molecule has 2 N–H and O–H groups in total. The van der Waals surface area contributed by atoms with Crippen LogP contribution in [0.5, 0.6) is 0 Å². The summed E-state index contributed by atoms with van der Waals surface area (Å²) in [6, 6.07) is -0.175. The van der Waals surface area contributed by atoms with Crippen LogP contribution in [0.3, 0.4) is 0 Å². The summed E-state index contributed by atoms with van der Waals surface area (Å²) in [5.41, 5.74) is 0. The second kappa shape index (κ2) is 7.10. The zero-order chi connectivity index (χ0) is 13.7. The molecule has 0 spiro atoms. The van der Waals surface area contributed by atoms with Gasteiger partial charge in [0.25, 0.3) is 0 Å². The van der Waals surface area contributed by atoms with E-state index in [9.17, 15) is 9.90 Å². The van der Waals surface area contributed by atoms with Gasteiger partial charge < -0.3 is 10.4 Å². The van der Waals surface area contributed by atoms with Gasteiger partial charge in [0.15, 0.2) is 0 Å². The average Bonchev–Trinajstić information content (AvgIpc) is 3.10. The molecule has 4 nitrogen and oxygen atoms in total. The number of carbonyl (C=O) groups excluding carboxylic acids is 1. The Balaban J connectivity index is 2.23. The monoisotopic (exact) mass is 256 g/mol. The molecule has 0 aromatic carbocycles. The fourth-order valence-corrected chi connectivity index (χ4v) is 1.92. The highest BCUT2D eigenvalue weighted by atomic mass is 16.3. The smallest absolute Gasteiger partial charge is 0.237 e. The highest BCUT2D eigenvalue weighted by Gasteiger charge is 2.31. The first-order chi connectivity index (χ1) is 8.41. The van der Waals surface area contributed by atoms with Crippen molar-refractivity contribution in [1.29, 1.82) is 0 Å². The fraction of sp³-hybridized carbons (Fsp3) is 0.929. The lowest BCUT2D eigenvalue weighted by atomic mass is 10.1. The normalized spacial score (nSPS) is 19.1. The maximum absolute atomic E-state index is 11.9. The zero-order valence-electron chi connectivity index (χ0n) is 12.1. The molecule has 2 unspecified atom stereocenters. The van der Waals surface area contributed by atoms with Gasteiger partial charge in [0.05, 0.1) is 12.1 Å². The predicted molar refractivity (Wildman–Crippen MR) is 73.3 cm³/mol. The molecule has 0 bridgehead atoms. The van der Waals surface area contributed by atoms with E-state index in [1.807, 2.05) is 18.9 Å². The molecule has 0 aromatic heterocycles. The number of amides is 1. The van der Waals surface area contributed by atoms with E-state index in [1.165, 1.54) is 0 Å². The molecule has 0 radical (unpaired) electrons. The molecular formula is C14H28N2O2. The Bertz CT molecular complexity index is 265. The van der Waals surface area contributed by atoms with Gasteiger partial charge in [0.1, 0.15) is 0 Å². The van der Waals surface area contributed by atoms with Crippen molar-refractivity contribution in [2.45, 2.75) is 52.2 Å². The average molecular weight is 256 g/mol. The van der Waals surface area contributed by atoms with E-state index >= 15 is 0 Å². The van der Waals surface area contributed by atoms with E-state index in [0.717, 1.165) is 25.8 Å². The number of carbonyl (C=O) groups is 1. The molecule has 0 aliphatic heterocycles. The molecule has 2 atom stereocenters. The number of nitrogens with zero attached hydrogens (tertiary/aromatic N) is 1. The van der Waals surface area contributed by atoms with Crippen LogP contribution >= 0.6 is 0 Å². The molecule has 1 aliphatic rings. The number of hydrogen-bond acceptors (Lipinski definition) is 3. The van der Waals surface area contributed by atoms with Crippen molar-refractivity contribution in [3.05, 3.63) is 0 Å². The van der Waals surface area contributed by atoms with E-state index in [0.29, 0.717) is 18.4 Å². The minimum atomic E-state index is -0.277. The Hall–Kier alpha value is -0.610. The standard InChI is InChI=1S/C14H28N2O2/c1-10(2)7-8-15-14(18)11(3)16(4)9-13(17)12-5-6-12/h10-13,17H,5-9H2,1-4H3,(H,15,18). The number of aliphatic hydroxyl groups excluding tert-OH is 1. The van der Waals surface area contributed by atoms with Crippen molar-refractivity contribution in [3.63, 3.8) is 0 Å². The van der Waals surface area contributed by atoms with Crippen LogP contribution in [0.1, 0.15) is 40.0 Å². The van der Waals surface area contributed by atoms with E-state index in [-0.39, 0.29) is 18.1 Å². The summed E-state index contributed by atoms with van der Waals surface area (Å²) in [6.07, 6.45) is 2.99. The van der Waals surface area contributed by atoms with Gasteiger partial charge in [-0.1, -0.05) is 13.8 Å². The molecular weight excluding hydrogens is 228 g/mol. The Morgan fingerprint density at radius 1 is 1.39 bits per heavy atom. The summed E-state index contributed by atoms with van der Waals surface area (Å²) in [7, 11) is 1.90. The van der Waals surface area contributed by atoms with Gasteiger partial charge in [0, 0.05) is 13.1 Å². The van der Waals surface area contributed by atoms with Crippen LogP contribution in [0.25, 0.3) is 0 Å². The summed E-state index contributed by atoms with van der Waals surface area (Å²) in [4.78, 5) is 13.8. The van der Waals surface area contributed by atoms with E-state index in [1.54, 1.807) is 0 Å². The maximum atomic E-state index is 11.9. The van der Waals surface area contributed by atoms with Gasteiger partial charge in [-0.05, 0) is 45.1 Å². The van der Waals surface area contributed by atoms with Crippen LogP contribution in [-0.4, -0.2) is 48.2 Å². The minimum absolute atomic E-state index is 0.0566. The lowest BCUT2D eigenvalue weighted by Crippen LogP contribution is -2.46. The SMILES string of the molecule is CC(C)CCNC(=O)C(C)N(C)CC(O)C1CC1. The van der Waals surface area contributed by atoms with Crippen molar-refractivity contribution < 1.29 is 9.90 Å². The summed E-state index contributed by atoms with van der Waals surface area (Å²) >= 11 is 0. The van der Waals surface area contributed by atoms with Gasteiger partial charge in [-0.3, -0.25) is 9.69 Å². The summed E-state index contributed by atoms with van der Waals surface area (Å²) in [6.45, 7) is 7.51. The number of nitrogens with one attached hydrogen (secondary N) is 1. The lowest BCUT2D eigenvalue weighted by molar-refractivity contribution is -0.125. The Kier molecular flexibility index (Phi) is 6.09. The van der Waals surface area contributed by atoms with Crippen molar-refractivity contribution in [1.82, 2.24) is 10.2 Å². The second-order valence-corrected chi connectivity index (χ2v) is 5.99. The molecule has 0 aromatic rings. The van der Waals surface area contributed by atoms with Crippen molar-refractivity contribution >= 4 is 5.91 Å². The third-order valence-corrected chi connectivity index (χ3v) is 3.70. The zero-order valence-corrected chi connectivity index (χ0v) is 12.1. The molecule has 1 saturated carbocycles. The van der Waals surface area contributed by atoms with Crippen molar-refractivity contribution in [3.8, 4) is 0 Å². The maximum Gasteiger partial charge on any atom is 0.237 e. The van der Waals surface area contributed by atoms with Crippen molar-refractivity contribution in [2.75, 3.05) is 20.1 Å². The number of likely N-dealkylation sites (N-methyl/N-ethyl adjacent to an activating group) is 1. The van der Waals surface area contributed by atoms with Crippen LogP contribution in [0.15, 0.2) is 0 Å². The topological polar surface area (TPSA) is 52.6 Å². The molecule has 1 rings (SSSR count). The van der Waals surface area contributed by atoms with Gasteiger partial charge in [-0.2, -0.15) is 0 Å². The number of aliphatic hydroxyl groups is 1. The fourth-order valence-electron chi connectivity index (χ4n) is 1.92. The molecule has 0 heterocycles. The van der Waals surface area contributed by atoms with E-state index < -0.39 is 0 Å². The van der Waals surface area contributed by atoms with Gasteiger partial charge >= 0.3 is 0 Å². The summed E-state index contributed by atoms with van der Waals surface area (Å²) in [5, 5.41) is 12.8. The minimum Gasteiger partial charge on any atom is -0.392 e. The number of rotatable bonds is 8. The molecule has 4 heteroatoms. The Morgan fingerprint density at radius 2 is 2.00 bits per heavy atom. The third kappa shape index (κ3) is 5.36. The summed E-state index contributed by atoms with van der Waals surface area (Å²) in [5.74, 6) is 1.12.